The van der Waals surface area contributed by atoms with Crippen molar-refractivity contribution in [3.63, 3.8) is 0 Å². The summed E-state index contributed by atoms with van der Waals surface area (Å²) in [4.78, 5) is 32.0. The highest BCUT2D eigenvalue weighted by molar-refractivity contribution is 5.82. The summed E-state index contributed by atoms with van der Waals surface area (Å²) in [5, 5.41) is 14.2. The van der Waals surface area contributed by atoms with E-state index in [2.05, 4.69) is 10.2 Å². The molecule has 1 aromatic carbocycles. The maximum atomic E-state index is 12.8. The molecule has 2 aliphatic rings. The van der Waals surface area contributed by atoms with Crippen LogP contribution in [0.2, 0.25) is 0 Å². The van der Waals surface area contributed by atoms with E-state index in [-0.39, 0.29) is 17.5 Å². The summed E-state index contributed by atoms with van der Waals surface area (Å²) in [5.74, 6) is 1.05. The Balaban J connectivity index is 1.58. The van der Waals surface area contributed by atoms with Crippen molar-refractivity contribution >= 4 is 17.6 Å². The number of guanidine groups is 1. The van der Waals surface area contributed by atoms with E-state index in [0.717, 1.165) is 37.5 Å². The number of rotatable bonds is 7. The average Bonchev–Trinajstić information content (AvgIpc) is 2.82. The lowest BCUT2D eigenvalue weighted by Gasteiger charge is -2.36. The molecule has 0 spiro atoms. The first kappa shape index (κ1) is 23.0. The van der Waals surface area contributed by atoms with Gasteiger partial charge in [-0.2, -0.15) is 0 Å². The number of morpholine rings is 1. The number of hydrogen-bond acceptors (Lipinski definition) is 6. The van der Waals surface area contributed by atoms with Gasteiger partial charge in [-0.05, 0) is 18.4 Å². The number of nitrogens with one attached hydrogen (secondary N) is 1. The van der Waals surface area contributed by atoms with Crippen molar-refractivity contribution in [2.24, 2.45) is 10.9 Å². The number of nitro groups is 1. The number of likely N-dealkylation sites (tertiary alicyclic amines) is 1. The number of methoxy groups -OCH3 is 1. The molecule has 10 nitrogen and oxygen atoms in total. The Kier molecular flexibility index (Phi) is 8.60. The van der Waals surface area contributed by atoms with E-state index in [9.17, 15) is 14.9 Å². The molecule has 0 radical (unpaired) electrons. The molecule has 170 valence electrons. The molecule has 31 heavy (non-hydrogen) atoms. The normalized spacial score (nSPS) is 18.2. The standard InChI is InChI=1S/C21H31N5O5/c1-30-13-8-22-21(23-16-17-2-4-19(5-3-17)26(28)29)25-9-6-18(7-10-25)20(27)24-11-14-31-15-12-24/h2-5,18H,6-16H2,1H3,(H,22,23). The Morgan fingerprint density at radius 2 is 1.87 bits per heavy atom. The van der Waals surface area contributed by atoms with Crippen LogP contribution in [-0.4, -0.2) is 86.2 Å². The van der Waals surface area contributed by atoms with Crippen LogP contribution in [0, 0.1) is 16.0 Å². The molecule has 0 aromatic heterocycles. The number of piperidine rings is 1. The molecule has 2 aliphatic heterocycles. The second kappa shape index (κ2) is 11.6. The Morgan fingerprint density at radius 3 is 2.48 bits per heavy atom. The van der Waals surface area contributed by atoms with Crippen molar-refractivity contribution in [1.82, 2.24) is 15.1 Å². The average molecular weight is 434 g/mol. The quantitative estimate of drug-likeness (QED) is 0.227. The maximum absolute atomic E-state index is 12.8. The number of nitro benzene ring substituents is 1. The summed E-state index contributed by atoms with van der Waals surface area (Å²) in [6, 6.07) is 6.43. The van der Waals surface area contributed by atoms with Crippen LogP contribution in [0.3, 0.4) is 0 Å². The Hall–Kier alpha value is -2.72. The lowest BCUT2D eigenvalue weighted by atomic mass is 9.95. The number of non-ortho nitro benzene ring substituents is 1. The summed E-state index contributed by atoms with van der Waals surface area (Å²) < 4.78 is 10.5. The number of carbonyl (C=O) groups excluding carboxylic acids is 1. The topological polar surface area (TPSA) is 110 Å². The molecule has 3 rings (SSSR count). The van der Waals surface area contributed by atoms with Gasteiger partial charge in [0.1, 0.15) is 0 Å². The number of carbonyl (C=O) groups is 1. The highest BCUT2D eigenvalue weighted by Crippen LogP contribution is 2.21. The molecular formula is C21H31N5O5. The largest absolute Gasteiger partial charge is 0.383 e. The van der Waals surface area contributed by atoms with Gasteiger partial charge >= 0.3 is 0 Å². The Morgan fingerprint density at radius 1 is 1.19 bits per heavy atom. The van der Waals surface area contributed by atoms with E-state index in [1.165, 1.54) is 12.1 Å². The van der Waals surface area contributed by atoms with Crippen LogP contribution >= 0.6 is 0 Å². The number of ether oxygens (including phenoxy) is 2. The molecule has 2 fully saturated rings. The van der Waals surface area contributed by atoms with Crippen LogP contribution in [0.5, 0.6) is 0 Å². The molecule has 0 unspecified atom stereocenters. The first-order chi connectivity index (χ1) is 15.1. The van der Waals surface area contributed by atoms with Gasteiger partial charge in [-0.1, -0.05) is 12.1 Å². The van der Waals surface area contributed by atoms with Crippen LogP contribution in [0.25, 0.3) is 0 Å². The summed E-state index contributed by atoms with van der Waals surface area (Å²) >= 11 is 0. The van der Waals surface area contributed by atoms with Gasteiger partial charge in [0.25, 0.3) is 5.69 Å². The third-order valence-electron chi connectivity index (χ3n) is 5.61. The molecule has 1 amide bonds. The van der Waals surface area contributed by atoms with Gasteiger partial charge in [-0.15, -0.1) is 0 Å². The molecule has 1 aromatic rings. The van der Waals surface area contributed by atoms with E-state index in [0.29, 0.717) is 46.0 Å². The minimum absolute atomic E-state index is 0.0456. The fourth-order valence-corrected chi connectivity index (χ4v) is 3.80. The van der Waals surface area contributed by atoms with Gasteiger partial charge < -0.3 is 24.6 Å². The number of hydrogen-bond donors (Lipinski definition) is 1. The minimum atomic E-state index is -0.410. The maximum Gasteiger partial charge on any atom is 0.269 e. The Bertz CT molecular complexity index is 756. The predicted octanol–water partition coefficient (Wildman–Crippen LogP) is 1.26. The zero-order valence-corrected chi connectivity index (χ0v) is 18.0. The van der Waals surface area contributed by atoms with Crippen molar-refractivity contribution < 1.29 is 19.2 Å². The molecule has 0 bridgehead atoms. The summed E-state index contributed by atoms with van der Waals surface area (Å²) in [6.45, 7) is 5.70. The van der Waals surface area contributed by atoms with Crippen molar-refractivity contribution in [2.45, 2.75) is 19.4 Å². The smallest absolute Gasteiger partial charge is 0.269 e. The van der Waals surface area contributed by atoms with Crippen LogP contribution in [0.1, 0.15) is 18.4 Å². The first-order valence-corrected chi connectivity index (χ1v) is 10.7. The first-order valence-electron chi connectivity index (χ1n) is 10.7. The second-order valence-electron chi connectivity index (χ2n) is 7.68. The predicted molar refractivity (Wildman–Crippen MR) is 116 cm³/mol. The third kappa shape index (κ3) is 6.63. The van der Waals surface area contributed by atoms with Crippen LogP contribution < -0.4 is 5.32 Å². The van der Waals surface area contributed by atoms with Crippen LogP contribution in [0.15, 0.2) is 29.3 Å². The van der Waals surface area contributed by atoms with Gasteiger partial charge in [0.15, 0.2) is 5.96 Å². The number of benzene rings is 1. The van der Waals surface area contributed by atoms with Gasteiger partial charge in [0, 0.05) is 57.9 Å². The summed E-state index contributed by atoms with van der Waals surface area (Å²) in [5.41, 5.74) is 0.965. The lowest BCUT2D eigenvalue weighted by Crippen LogP contribution is -2.50. The fourth-order valence-electron chi connectivity index (χ4n) is 3.80. The Labute approximate surface area is 182 Å². The zero-order chi connectivity index (χ0) is 22.1. The van der Waals surface area contributed by atoms with Crippen molar-refractivity contribution in [1.29, 1.82) is 0 Å². The summed E-state index contributed by atoms with van der Waals surface area (Å²) in [6.07, 6.45) is 1.58. The van der Waals surface area contributed by atoms with E-state index in [1.807, 2.05) is 4.90 Å². The van der Waals surface area contributed by atoms with Crippen LogP contribution in [-0.2, 0) is 20.8 Å². The zero-order valence-electron chi connectivity index (χ0n) is 18.0. The highest BCUT2D eigenvalue weighted by atomic mass is 16.6. The van der Waals surface area contributed by atoms with Crippen molar-refractivity contribution in [3.05, 3.63) is 39.9 Å². The monoisotopic (exact) mass is 433 g/mol. The van der Waals surface area contributed by atoms with Crippen LogP contribution in [0.4, 0.5) is 5.69 Å². The van der Waals surface area contributed by atoms with E-state index < -0.39 is 4.92 Å². The van der Waals surface area contributed by atoms with E-state index in [4.69, 9.17) is 14.5 Å². The lowest BCUT2D eigenvalue weighted by molar-refractivity contribution is -0.384. The molecule has 0 aliphatic carbocycles. The molecule has 10 heteroatoms. The van der Waals surface area contributed by atoms with E-state index in [1.54, 1.807) is 19.2 Å². The molecule has 0 atom stereocenters. The van der Waals surface area contributed by atoms with Crippen molar-refractivity contribution in [2.75, 3.05) is 59.7 Å². The molecule has 0 saturated carbocycles. The number of amides is 1. The third-order valence-corrected chi connectivity index (χ3v) is 5.61. The number of aliphatic imine (C=N–C) groups is 1. The molecule has 2 heterocycles. The SMILES string of the molecule is COCCNC(=NCc1ccc([N+](=O)[O-])cc1)N1CCC(C(=O)N2CCOCC2)CC1. The van der Waals surface area contributed by atoms with E-state index >= 15 is 0 Å². The van der Waals surface area contributed by atoms with Gasteiger partial charge in [0.05, 0.1) is 31.3 Å². The molecular weight excluding hydrogens is 402 g/mol. The van der Waals surface area contributed by atoms with Gasteiger partial charge in [0.2, 0.25) is 5.91 Å². The minimum Gasteiger partial charge on any atom is -0.383 e. The van der Waals surface area contributed by atoms with Crippen molar-refractivity contribution in [3.8, 4) is 0 Å². The molecule has 1 N–H and O–H groups in total. The van der Waals surface area contributed by atoms with Gasteiger partial charge in [-0.3, -0.25) is 14.9 Å². The highest BCUT2D eigenvalue weighted by Gasteiger charge is 2.30. The molecule has 2 saturated heterocycles. The van der Waals surface area contributed by atoms with Gasteiger partial charge in [-0.25, -0.2) is 4.99 Å². The number of nitrogens with zero attached hydrogens (tertiary/aromatic N) is 4. The second-order valence-corrected chi connectivity index (χ2v) is 7.68. The summed E-state index contributed by atoms with van der Waals surface area (Å²) in [7, 11) is 1.65. The fraction of sp³-hybridized carbons (Fsp3) is 0.619.